The van der Waals surface area contributed by atoms with E-state index in [0.29, 0.717) is 11.4 Å². The summed E-state index contributed by atoms with van der Waals surface area (Å²) in [4.78, 5) is 22.8. The number of carbonyl (C=O) groups excluding carboxylic acids is 1. The molecule has 2 N–H and O–H groups in total. The Balaban J connectivity index is 2.39. The number of benzene rings is 1. The highest BCUT2D eigenvalue weighted by atomic mass is 16.5. The average Bonchev–Trinajstić information content (AvgIpc) is 2.58. The van der Waals surface area contributed by atoms with Gasteiger partial charge in [-0.3, -0.25) is 4.79 Å². The third-order valence-corrected chi connectivity index (χ3v) is 3.67. The molecule has 1 aromatic carbocycles. The van der Waals surface area contributed by atoms with Gasteiger partial charge in [-0.15, -0.1) is 0 Å². The van der Waals surface area contributed by atoms with Crippen LogP contribution in [-0.4, -0.2) is 36.8 Å². The van der Waals surface area contributed by atoms with Gasteiger partial charge in [0.25, 0.3) is 5.91 Å². The van der Waals surface area contributed by atoms with Gasteiger partial charge in [-0.2, -0.15) is 0 Å². The second kappa shape index (κ2) is 11.3. The summed E-state index contributed by atoms with van der Waals surface area (Å²) in [6.45, 7) is 5.86. The quantitative estimate of drug-likeness (QED) is 0.567. The van der Waals surface area contributed by atoms with Gasteiger partial charge in [0.05, 0.1) is 0 Å². The van der Waals surface area contributed by atoms with Crippen LogP contribution in [0.5, 0.6) is 5.75 Å². The highest BCUT2D eigenvalue weighted by Crippen LogP contribution is 2.14. The Morgan fingerprint density at radius 3 is 2.48 bits per heavy atom. The zero-order chi connectivity index (χ0) is 18.7. The minimum absolute atomic E-state index is 0.0953. The molecule has 0 aromatic heterocycles. The highest BCUT2D eigenvalue weighted by Gasteiger charge is 2.16. The Morgan fingerprint density at radius 1 is 1.24 bits per heavy atom. The number of aliphatic carboxylic acids is 1. The Morgan fingerprint density at radius 2 is 1.92 bits per heavy atom. The first-order valence-electron chi connectivity index (χ1n) is 8.41. The normalized spacial score (nSPS) is 11.6. The van der Waals surface area contributed by atoms with Crippen molar-refractivity contribution in [1.29, 1.82) is 0 Å². The zero-order valence-electron chi connectivity index (χ0n) is 14.9. The number of rotatable bonds is 12. The van der Waals surface area contributed by atoms with Crippen LogP contribution in [0, 0.1) is 0 Å². The molecular formula is C19H27NO5. The summed E-state index contributed by atoms with van der Waals surface area (Å²) < 4.78 is 10.3. The molecule has 0 aliphatic rings. The molecular weight excluding hydrogens is 322 g/mol. The van der Waals surface area contributed by atoms with Crippen LogP contribution in [-0.2, 0) is 20.7 Å². The fourth-order valence-electron chi connectivity index (χ4n) is 2.24. The third-order valence-electron chi connectivity index (χ3n) is 3.67. The van der Waals surface area contributed by atoms with E-state index in [0.717, 1.165) is 31.2 Å². The molecule has 0 saturated carbocycles. The van der Waals surface area contributed by atoms with Crippen molar-refractivity contribution >= 4 is 11.9 Å². The first-order valence-corrected chi connectivity index (χ1v) is 8.41. The predicted octanol–water partition coefficient (Wildman–Crippen LogP) is 2.92. The molecule has 0 heterocycles. The van der Waals surface area contributed by atoms with Gasteiger partial charge < -0.3 is 19.9 Å². The van der Waals surface area contributed by atoms with E-state index in [4.69, 9.17) is 14.6 Å². The van der Waals surface area contributed by atoms with E-state index < -0.39 is 12.1 Å². The number of amides is 1. The lowest BCUT2D eigenvalue weighted by Crippen LogP contribution is -2.28. The minimum atomic E-state index is -1.00. The Kier molecular flexibility index (Phi) is 9.32. The molecule has 0 aliphatic heterocycles. The molecule has 0 aliphatic carbocycles. The number of ether oxygens (including phenoxy) is 2. The second-order valence-electron chi connectivity index (χ2n) is 5.81. The van der Waals surface area contributed by atoms with E-state index in [9.17, 15) is 9.59 Å². The van der Waals surface area contributed by atoms with Crippen molar-refractivity contribution < 1.29 is 24.2 Å². The SMILES string of the molecule is C=C(CCCCC)NC(=O)COc1ccc(C[C@H](OC)C(=O)O)cc1. The number of methoxy groups -OCH3 is 1. The molecule has 0 spiro atoms. The molecule has 1 atom stereocenters. The number of carboxylic acids is 1. The first kappa shape index (κ1) is 20.7. The lowest BCUT2D eigenvalue weighted by atomic mass is 10.1. The van der Waals surface area contributed by atoms with E-state index in [2.05, 4.69) is 18.8 Å². The first-order chi connectivity index (χ1) is 12.0. The molecule has 0 fully saturated rings. The number of carboxylic acid groups (broad SMARTS) is 1. The molecule has 0 unspecified atom stereocenters. The van der Waals surface area contributed by atoms with Crippen molar-refractivity contribution in [3.8, 4) is 5.75 Å². The number of hydrogen-bond donors (Lipinski definition) is 2. The van der Waals surface area contributed by atoms with Crippen LogP contribution >= 0.6 is 0 Å². The lowest BCUT2D eigenvalue weighted by Gasteiger charge is -2.12. The number of allylic oxidation sites excluding steroid dienone is 1. The monoisotopic (exact) mass is 349 g/mol. The van der Waals surface area contributed by atoms with E-state index in [1.807, 2.05) is 0 Å². The summed E-state index contributed by atoms with van der Waals surface area (Å²) in [5.41, 5.74) is 1.52. The van der Waals surface area contributed by atoms with Crippen molar-refractivity contribution in [2.24, 2.45) is 0 Å². The standard InChI is InChI=1S/C19H27NO5/c1-4-5-6-7-14(2)20-18(21)13-25-16-10-8-15(9-11-16)12-17(24-3)19(22)23/h8-11,17H,2,4-7,12-13H2,1,3H3,(H,20,21)(H,22,23)/t17-/m0/s1. The number of carbonyl (C=O) groups is 2. The summed E-state index contributed by atoms with van der Waals surface area (Å²) in [6, 6.07) is 6.91. The summed E-state index contributed by atoms with van der Waals surface area (Å²) >= 11 is 0. The van der Waals surface area contributed by atoms with Crippen molar-refractivity contribution in [3.63, 3.8) is 0 Å². The smallest absolute Gasteiger partial charge is 0.333 e. The Bertz CT molecular complexity index is 568. The summed E-state index contributed by atoms with van der Waals surface area (Å²) in [5.74, 6) is -0.700. The van der Waals surface area contributed by atoms with Crippen LogP contribution in [0.4, 0.5) is 0 Å². The molecule has 6 heteroatoms. The molecule has 6 nitrogen and oxygen atoms in total. The van der Waals surface area contributed by atoms with Crippen molar-refractivity contribution in [3.05, 3.63) is 42.1 Å². The van der Waals surface area contributed by atoms with Gasteiger partial charge in [0.2, 0.25) is 0 Å². The molecule has 1 rings (SSSR count). The van der Waals surface area contributed by atoms with Crippen molar-refractivity contribution in [1.82, 2.24) is 5.32 Å². The van der Waals surface area contributed by atoms with Crippen molar-refractivity contribution in [2.75, 3.05) is 13.7 Å². The maximum Gasteiger partial charge on any atom is 0.333 e. The Hall–Kier alpha value is -2.34. The zero-order valence-corrected chi connectivity index (χ0v) is 14.9. The average molecular weight is 349 g/mol. The van der Waals surface area contributed by atoms with Crippen LogP contribution in [0.2, 0.25) is 0 Å². The minimum Gasteiger partial charge on any atom is -0.484 e. The molecule has 0 saturated heterocycles. The number of unbranched alkanes of at least 4 members (excludes halogenated alkanes) is 2. The van der Waals surface area contributed by atoms with Crippen LogP contribution in [0.25, 0.3) is 0 Å². The molecule has 0 radical (unpaired) electrons. The number of hydrogen-bond acceptors (Lipinski definition) is 4. The largest absolute Gasteiger partial charge is 0.484 e. The lowest BCUT2D eigenvalue weighted by molar-refractivity contribution is -0.148. The summed E-state index contributed by atoms with van der Waals surface area (Å²) in [6.07, 6.45) is 3.41. The maximum absolute atomic E-state index is 11.8. The number of nitrogens with one attached hydrogen (secondary N) is 1. The summed E-state index contributed by atoms with van der Waals surface area (Å²) in [7, 11) is 1.37. The second-order valence-corrected chi connectivity index (χ2v) is 5.81. The van der Waals surface area contributed by atoms with Crippen LogP contribution in [0.1, 0.15) is 38.2 Å². The Labute approximate surface area is 148 Å². The van der Waals surface area contributed by atoms with E-state index in [-0.39, 0.29) is 18.9 Å². The topological polar surface area (TPSA) is 84.9 Å². The van der Waals surface area contributed by atoms with E-state index in [1.54, 1.807) is 24.3 Å². The molecule has 1 amide bonds. The molecule has 1 aromatic rings. The van der Waals surface area contributed by atoms with Crippen LogP contribution < -0.4 is 10.1 Å². The van der Waals surface area contributed by atoms with Gasteiger partial charge in [-0.05, 0) is 30.5 Å². The maximum atomic E-state index is 11.8. The summed E-state index contributed by atoms with van der Waals surface area (Å²) in [5, 5.41) is 11.7. The van der Waals surface area contributed by atoms with Crippen molar-refractivity contribution in [2.45, 2.75) is 45.1 Å². The fourth-order valence-corrected chi connectivity index (χ4v) is 2.24. The van der Waals surface area contributed by atoms with E-state index in [1.165, 1.54) is 7.11 Å². The van der Waals surface area contributed by atoms with Crippen LogP contribution in [0.3, 0.4) is 0 Å². The van der Waals surface area contributed by atoms with Gasteiger partial charge in [0.15, 0.2) is 12.7 Å². The van der Waals surface area contributed by atoms with Gasteiger partial charge in [-0.1, -0.05) is 38.5 Å². The van der Waals surface area contributed by atoms with Gasteiger partial charge in [0, 0.05) is 19.2 Å². The third kappa shape index (κ3) is 8.35. The van der Waals surface area contributed by atoms with Gasteiger partial charge in [-0.25, -0.2) is 4.79 Å². The molecule has 25 heavy (non-hydrogen) atoms. The fraction of sp³-hybridized carbons (Fsp3) is 0.474. The van der Waals surface area contributed by atoms with Crippen LogP contribution in [0.15, 0.2) is 36.5 Å². The highest BCUT2D eigenvalue weighted by molar-refractivity contribution is 5.79. The molecule has 138 valence electrons. The van der Waals surface area contributed by atoms with Gasteiger partial charge in [0.1, 0.15) is 5.75 Å². The molecule has 0 bridgehead atoms. The predicted molar refractivity (Wildman–Crippen MR) is 95.5 cm³/mol. The van der Waals surface area contributed by atoms with Gasteiger partial charge >= 0.3 is 5.97 Å². The van der Waals surface area contributed by atoms with E-state index >= 15 is 0 Å².